The van der Waals surface area contributed by atoms with E-state index in [0.717, 1.165) is 25.1 Å². The lowest BCUT2D eigenvalue weighted by Gasteiger charge is -2.08. The van der Waals surface area contributed by atoms with Crippen molar-refractivity contribution in [1.82, 2.24) is 5.32 Å². The molecule has 1 heterocycles. The molecular formula is C10H11ClFN. The average Bonchev–Trinajstić information content (AvgIpc) is 2.62. The molecule has 1 fully saturated rings. The molecule has 0 amide bonds. The molecule has 1 aromatic carbocycles. The van der Waals surface area contributed by atoms with Crippen LogP contribution in [0.1, 0.15) is 17.9 Å². The Bertz CT molecular complexity index is 308. The number of rotatable bonds is 1. The predicted octanol–water partition coefficient (Wildman–Crippen LogP) is 2.56. The summed E-state index contributed by atoms with van der Waals surface area (Å²) in [5.41, 5.74) is 1.05. The van der Waals surface area contributed by atoms with E-state index in [0.29, 0.717) is 5.92 Å². The van der Waals surface area contributed by atoms with E-state index in [9.17, 15) is 4.39 Å². The van der Waals surface area contributed by atoms with Crippen LogP contribution in [-0.2, 0) is 0 Å². The highest BCUT2D eigenvalue weighted by Crippen LogP contribution is 2.25. The van der Waals surface area contributed by atoms with Crippen molar-refractivity contribution in [3.63, 3.8) is 0 Å². The maximum Gasteiger partial charge on any atom is 0.142 e. The van der Waals surface area contributed by atoms with Gasteiger partial charge in [0.1, 0.15) is 5.82 Å². The first-order chi connectivity index (χ1) is 6.27. The molecule has 0 aliphatic carbocycles. The van der Waals surface area contributed by atoms with Gasteiger partial charge in [-0.05, 0) is 36.6 Å². The molecule has 1 nitrogen and oxygen atoms in total. The molecule has 3 heteroatoms. The molecule has 1 saturated heterocycles. The smallest absolute Gasteiger partial charge is 0.142 e. The van der Waals surface area contributed by atoms with Crippen LogP contribution in [0.5, 0.6) is 0 Å². The van der Waals surface area contributed by atoms with Gasteiger partial charge in [0.25, 0.3) is 0 Å². The van der Waals surface area contributed by atoms with Crippen molar-refractivity contribution in [2.45, 2.75) is 12.3 Å². The van der Waals surface area contributed by atoms with E-state index in [1.165, 1.54) is 0 Å². The zero-order chi connectivity index (χ0) is 9.26. The Morgan fingerprint density at radius 1 is 1.46 bits per heavy atom. The van der Waals surface area contributed by atoms with Gasteiger partial charge >= 0.3 is 0 Å². The van der Waals surface area contributed by atoms with Gasteiger partial charge in [-0.15, -0.1) is 0 Å². The van der Waals surface area contributed by atoms with E-state index in [-0.39, 0.29) is 10.8 Å². The molecule has 1 atom stereocenters. The average molecular weight is 200 g/mol. The van der Waals surface area contributed by atoms with E-state index < -0.39 is 0 Å². The van der Waals surface area contributed by atoms with Crippen molar-refractivity contribution in [1.29, 1.82) is 0 Å². The van der Waals surface area contributed by atoms with Crippen LogP contribution >= 0.6 is 11.6 Å². The first-order valence-electron chi connectivity index (χ1n) is 4.43. The van der Waals surface area contributed by atoms with E-state index in [2.05, 4.69) is 5.32 Å². The summed E-state index contributed by atoms with van der Waals surface area (Å²) in [5.74, 6) is 0.137. The highest BCUT2D eigenvalue weighted by molar-refractivity contribution is 6.30. The van der Waals surface area contributed by atoms with E-state index in [4.69, 9.17) is 11.6 Å². The van der Waals surface area contributed by atoms with Crippen molar-refractivity contribution < 1.29 is 4.39 Å². The Balaban J connectivity index is 2.25. The van der Waals surface area contributed by atoms with Gasteiger partial charge in [0.2, 0.25) is 0 Å². The molecule has 1 aliphatic rings. The van der Waals surface area contributed by atoms with Crippen LogP contribution in [-0.4, -0.2) is 13.1 Å². The lowest BCUT2D eigenvalue weighted by atomic mass is 9.98. The highest BCUT2D eigenvalue weighted by Gasteiger charge is 2.17. The molecule has 0 unspecified atom stereocenters. The quantitative estimate of drug-likeness (QED) is 0.733. The molecule has 0 aromatic heterocycles. The van der Waals surface area contributed by atoms with Crippen molar-refractivity contribution >= 4 is 11.6 Å². The third kappa shape index (κ3) is 1.84. The fraction of sp³-hybridized carbons (Fsp3) is 0.400. The van der Waals surface area contributed by atoms with E-state index in [1.807, 2.05) is 6.07 Å². The summed E-state index contributed by atoms with van der Waals surface area (Å²) in [6, 6.07) is 5.08. The minimum atomic E-state index is -0.314. The topological polar surface area (TPSA) is 12.0 Å². The highest BCUT2D eigenvalue weighted by atomic mass is 35.5. The standard InChI is InChI=1S/C10H11ClFN/c11-9-2-1-7(5-10(9)12)8-3-4-13-6-8/h1-2,5,8,13H,3-4,6H2/t8-/m0/s1. The molecule has 70 valence electrons. The molecule has 2 rings (SSSR count). The SMILES string of the molecule is Fc1cc([C@H]2CCNC2)ccc1Cl. The second-order valence-corrected chi connectivity index (χ2v) is 3.77. The first kappa shape index (κ1) is 8.97. The minimum Gasteiger partial charge on any atom is -0.316 e. The number of hydrogen-bond acceptors (Lipinski definition) is 1. The van der Waals surface area contributed by atoms with Gasteiger partial charge in [0, 0.05) is 6.54 Å². The summed E-state index contributed by atoms with van der Waals surface area (Å²) >= 11 is 5.60. The third-order valence-corrected chi connectivity index (χ3v) is 2.78. The van der Waals surface area contributed by atoms with E-state index in [1.54, 1.807) is 12.1 Å². The van der Waals surface area contributed by atoms with Gasteiger partial charge in [0.15, 0.2) is 0 Å². The number of benzene rings is 1. The molecule has 0 bridgehead atoms. The number of hydrogen-bond donors (Lipinski definition) is 1. The molecule has 0 radical (unpaired) electrons. The van der Waals surface area contributed by atoms with E-state index >= 15 is 0 Å². The second-order valence-electron chi connectivity index (χ2n) is 3.36. The number of halogens is 2. The van der Waals surface area contributed by atoms with Crippen LogP contribution in [0.3, 0.4) is 0 Å². The lowest BCUT2D eigenvalue weighted by Crippen LogP contribution is -2.08. The molecule has 1 aromatic rings. The zero-order valence-electron chi connectivity index (χ0n) is 7.19. The molecule has 1 aliphatic heterocycles. The Morgan fingerprint density at radius 3 is 2.92 bits per heavy atom. The van der Waals surface area contributed by atoms with Crippen LogP contribution in [0.15, 0.2) is 18.2 Å². The van der Waals surface area contributed by atoms with Crippen LogP contribution in [0.25, 0.3) is 0 Å². The van der Waals surface area contributed by atoms with Crippen LogP contribution in [0.4, 0.5) is 4.39 Å². The Hall–Kier alpha value is -0.600. The minimum absolute atomic E-state index is 0.203. The maximum atomic E-state index is 13.1. The molecule has 0 saturated carbocycles. The largest absolute Gasteiger partial charge is 0.316 e. The molecule has 13 heavy (non-hydrogen) atoms. The van der Waals surface area contributed by atoms with Gasteiger partial charge in [-0.2, -0.15) is 0 Å². The summed E-state index contributed by atoms with van der Waals surface area (Å²) in [6.07, 6.45) is 1.08. The Labute approximate surface area is 81.9 Å². The summed E-state index contributed by atoms with van der Waals surface area (Å²) in [6.45, 7) is 1.97. The third-order valence-electron chi connectivity index (χ3n) is 2.48. The number of nitrogens with one attached hydrogen (secondary N) is 1. The van der Waals surface area contributed by atoms with Crippen molar-refractivity contribution in [2.75, 3.05) is 13.1 Å². The molecule has 0 spiro atoms. The van der Waals surface area contributed by atoms with Gasteiger partial charge in [-0.3, -0.25) is 0 Å². The van der Waals surface area contributed by atoms with Gasteiger partial charge in [-0.1, -0.05) is 17.7 Å². The van der Waals surface area contributed by atoms with Crippen LogP contribution in [0.2, 0.25) is 5.02 Å². The summed E-state index contributed by atoms with van der Waals surface area (Å²) in [5, 5.41) is 3.45. The van der Waals surface area contributed by atoms with Gasteiger partial charge in [0.05, 0.1) is 5.02 Å². The van der Waals surface area contributed by atoms with Crippen LogP contribution < -0.4 is 5.32 Å². The van der Waals surface area contributed by atoms with Crippen molar-refractivity contribution in [2.24, 2.45) is 0 Å². The summed E-state index contributed by atoms with van der Waals surface area (Å²) in [7, 11) is 0. The van der Waals surface area contributed by atoms with Gasteiger partial charge < -0.3 is 5.32 Å². The van der Waals surface area contributed by atoms with Gasteiger partial charge in [-0.25, -0.2) is 4.39 Å². The molecular weight excluding hydrogens is 189 g/mol. The van der Waals surface area contributed by atoms with Crippen molar-refractivity contribution in [3.05, 3.63) is 34.6 Å². The Kier molecular flexibility index (Phi) is 2.51. The van der Waals surface area contributed by atoms with Crippen molar-refractivity contribution in [3.8, 4) is 0 Å². The normalized spacial score (nSPS) is 22.2. The summed E-state index contributed by atoms with van der Waals surface area (Å²) in [4.78, 5) is 0. The summed E-state index contributed by atoms with van der Waals surface area (Å²) < 4.78 is 13.1. The van der Waals surface area contributed by atoms with Crippen LogP contribution in [0, 0.1) is 5.82 Å². The first-order valence-corrected chi connectivity index (χ1v) is 4.81. The fourth-order valence-electron chi connectivity index (χ4n) is 1.71. The lowest BCUT2D eigenvalue weighted by molar-refractivity contribution is 0.621. The monoisotopic (exact) mass is 199 g/mol. The Morgan fingerprint density at radius 2 is 2.31 bits per heavy atom. The second kappa shape index (κ2) is 3.64. The predicted molar refractivity (Wildman–Crippen MR) is 51.6 cm³/mol. The molecule has 1 N–H and O–H groups in total. The zero-order valence-corrected chi connectivity index (χ0v) is 7.94. The maximum absolute atomic E-state index is 13.1. The fourth-order valence-corrected chi connectivity index (χ4v) is 1.82.